The van der Waals surface area contributed by atoms with Gasteiger partial charge in [0.05, 0.1) is 12.2 Å². The quantitative estimate of drug-likeness (QED) is 0.239. The molecule has 0 aromatic heterocycles. The summed E-state index contributed by atoms with van der Waals surface area (Å²) in [6.45, 7) is 18.1. The SMILES string of the molecule is CCCC(=O)O[C@@H]1[C@@H](O)C[C@@H]2C(=CC[C@@H]3[C@@]2(C)C(=O)C[C@]2(C)[C@@H]([C@@](C)(O)C(=O)CCC(C)(C)OC(C)=O)[C@H](O)C[C@@]32C)C1(C)C. The van der Waals surface area contributed by atoms with Crippen molar-refractivity contribution in [3.05, 3.63) is 11.6 Å². The van der Waals surface area contributed by atoms with Gasteiger partial charge < -0.3 is 24.8 Å². The van der Waals surface area contributed by atoms with Crippen LogP contribution in [0.3, 0.4) is 0 Å². The molecule has 45 heavy (non-hydrogen) atoms. The largest absolute Gasteiger partial charge is 0.460 e. The van der Waals surface area contributed by atoms with Gasteiger partial charge in [0.1, 0.15) is 23.1 Å². The van der Waals surface area contributed by atoms with E-state index in [1.807, 2.05) is 34.6 Å². The number of carbonyl (C=O) groups is 4. The molecule has 4 aliphatic carbocycles. The van der Waals surface area contributed by atoms with Crippen molar-refractivity contribution in [2.45, 2.75) is 150 Å². The molecule has 0 bridgehead atoms. The minimum Gasteiger partial charge on any atom is -0.460 e. The Morgan fingerprint density at radius 2 is 1.62 bits per heavy atom. The van der Waals surface area contributed by atoms with Crippen LogP contribution in [0.25, 0.3) is 0 Å². The lowest BCUT2D eigenvalue weighted by Gasteiger charge is -2.65. The predicted molar refractivity (Wildman–Crippen MR) is 168 cm³/mol. The van der Waals surface area contributed by atoms with Gasteiger partial charge in [-0.25, -0.2) is 0 Å². The summed E-state index contributed by atoms with van der Waals surface area (Å²) in [5.41, 5.74) is -4.82. The first kappa shape index (κ1) is 35.7. The third-order valence-electron chi connectivity index (χ3n) is 12.8. The number of allylic oxidation sites excluding steroid dienone is 1. The zero-order valence-corrected chi connectivity index (χ0v) is 29.0. The fraction of sp³-hybridized carbons (Fsp3) is 0.833. The van der Waals surface area contributed by atoms with Crippen LogP contribution < -0.4 is 0 Å². The van der Waals surface area contributed by atoms with Crippen LogP contribution in [0, 0.1) is 39.4 Å². The molecule has 254 valence electrons. The summed E-state index contributed by atoms with van der Waals surface area (Å²) in [5, 5.41) is 35.0. The van der Waals surface area contributed by atoms with E-state index in [2.05, 4.69) is 13.0 Å². The van der Waals surface area contributed by atoms with Crippen LogP contribution in [0.5, 0.6) is 0 Å². The Kier molecular flexibility index (Phi) is 9.18. The number of fused-ring (bicyclic) bond motifs is 5. The summed E-state index contributed by atoms with van der Waals surface area (Å²) in [6.07, 6.45) is 1.81. The lowest BCUT2D eigenvalue weighted by Crippen LogP contribution is -2.66. The van der Waals surface area contributed by atoms with Crippen LogP contribution in [0.2, 0.25) is 0 Å². The third-order valence-corrected chi connectivity index (χ3v) is 12.8. The van der Waals surface area contributed by atoms with Crippen molar-refractivity contribution in [2.24, 2.45) is 39.4 Å². The first-order valence-electron chi connectivity index (χ1n) is 16.8. The minimum atomic E-state index is -1.92. The second-order valence-electron chi connectivity index (χ2n) is 16.6. The van der Waals surface area contributed by atoms with Gasteiger partial charge in [-0.1, -0.05) is 53.2 Å². The van der Waals surface area contributed by atoms with E-state index in [1.165, 1.54) is 13.8 Å². The molecule has 10 atom stereocenters. The van der Waals surface area contributed by atoms with Gasteiger partial charge in [0.2, 0.25) is 0 Å². The second kappa shape index (κ2) is 11.6. The summed E-state index contributed by atoms with van der Waals surface area (Å²) >= 11 is 0. The Hall–Kier alpha value is -2.10. The van der Waals surface area contributed by atoms with Gasteiger partial charge in [-0.3, -0.25) is 19.2 Å². The first-order valence-corrected chi connectivity index (χ1v) is 16.8. The monoisotopic (exact) mass is 632 g/mol. The molecule has 0 saturated heterocycles. The van der Waals surface area contributed by atoms with E-state index >= 15 is 0 Å². The van der Waals surface area contributed by atoms with Gasteiger partial charge in [0.25, 0.3) is 0 Å². The van der Waals surface area contributed by atoms with Crippen molar-refractivity contribution in [1.82, 2.24) is 0 Å². The van der Waals surface area contributed by atoms with E-state index in [4.69, 9.17) is 9.47 Å². The van der Waals surface area contributed by atoms with Gasteiger partial charge in [-0.2, -0.15) is 0 Å². The molecule has 0 spiro atoms. The average Bonchev–Trinajstić information content (AvgIpc) is 3.10. The van der Waals surface area contributed by atoms with Gasteiger partial charge in [-0.15, -0.1) is 0 Å². The minimum absolute atomic E-state index is 0.00541. The van der Waals surface area contributed by atoms with E-state index in [0.29, 0.717) is 19.3 Å². The number of hydrogen-bond donors (Lipinski definition) is 3. The number of ketones is 2. The van der Waals surface area contributed by atoms with E-state index in [1.54, 1.807) is 13.8 Å². The summed E-state index contributed by atoms with van der Waals surface area (Å²) < 4.78 is 11.2. The molecule has 0 aromatic carbocycles. The second-order valence-corrected chi connectivity index (χ2v) is 16.6. The molecule has 0 aromatic rings. The fourth-order valence-electron chi connectivity index (χ4n) is 10.5. The van der Waals surface area contributed by atoms with Crippen LogP contribution in [-0.4, -0.2) is 68.3 Å². The number of rotatable bonds is 9. The van der Waals surface area contributed by atoms with Gasteiger partial charge in [-0.05, 0) is 75.5 Å². The molecule has 4 aliphatic rings. The number of hydrogen-bond acceptors (Lipinski definition) is 9. The molecule has 0 unspecified atom stereocenters. The normalized spacial score (nSPS) is 40.3. The standard InChI is InChI=1S/C36H56O9/c1-11-12-28(42)44-30-23(38)17-22-21(32(30,5)6)13-14-25-33(7)18-24(39)29(34(33,8)19-27(41)35(22,25)9)36(10,43)26(40)15-16-31(3,4)45-20(2)37/h13,22-25,29-30,38-39,43H,11-12,14-19H2,1-10H3/t22-,23+,24-,25+,29+,30-,33+,34-,35+,36+/m1/s1. The van der Waals surface area contributed by atoms with Crippen LogP contribution in [0.1, 0.15) is 121 Å². The zero-order valence-electron chi connectivity index (χ0n) is 29.0. The van der Waals surface area contributed by atoms with Crippen molar-refractivity contribution in [2.75, 3.05) is 0 Å². The Balaban J connectivity index is 1.68. The Morgan fingerprint density at radius 3 is 2.20 bits per heavy atom. The number of aliphatic hydroxyl groups is 3. The molecule has 3 saturated carbocycles. The van der Waals surface area contributed by atoms with Gasteiger partial charge in [0, 0.05) is 42.9 Å². The number of esters is 2. The van der Waals surface area contributed by atoms with E-state index in [-0.39, 0.29) is 55.7 Å². The van der Waals surface area contributed by atoms with Crippen molar-refractivity contribution in [3.63, 3.8) is 0 Å². The van der Waals surface area contributed by atoms with Crippen molar-refractivity contribution in [3.8, 4) is 0 Å². The molecule has 4 rings (SSSR count). The number of Topliss-reactive ketones (excluding diaryl/α,β-unsaturated/α-hetero) is 2. The molecule has 9 heteroatoms. The van der Waals surface area contributed by atoms with Gasteiger partial charge in [0.15, 0.2) is 5.78 Å². The summed E-state index contributed by atoms with van der Waals surface area (Å²) in [7, 11) is 0. The zero-order chi connectivity index (χ0) is 34.1. The van der Waals surface area contributed by atoms with E-state index < -0.39 is 68.8 Å². The Labute approximate surface area is 268 Å². The topological polar surface area (TPSA) is 147 Å². The number of ether oxygens (including phenoxy) is 2. The molecule has 0 heterocycles. The van der Waals surface area contributed by atoms with Crippen molar-refractivity contribution in [1.29, 1.82) is 0 Å². The predicted octanol–water partition coefficient (Wildman–Crippen LogP) is 4.87. The van der Waals surface area contributed by atoms with Crippen LogP contribution >= 0.6 is 0 Å². The van der Waals surface area contributed by atoms with Crippen molar-refractivity contribution >= 4 is 23.5 Å². The molecular weight excluding hydrogens is 576 g/mol. The summed E-state index contributed by atoms with van der Waals surface area (Å²) in [5.74, 6) is -2.61. The maximum Gasteiger partial charge on any atom is 0.306 e. The summed E-state index contributed by atoms with van der Waals surface area (Å²) in [6, 6.07) is 0. The first-order chi connectivity index (χ1) is 20.5. The molecule has 9 nitrogen and oxygen atoms in total. The number of carbonyl (C=O) groups excluding carboxylic acids is 4. The average molecular weight is 633 g/mol. The van der Waals surface area contributed by atoms with Crippen LogP contribution in [-0.2, 0) is 28.7 Å². The molecule has 0 radical (unpaired) electrons. The van der Waals surface area contributed by atoms with Crippen LogP contribution in [0.4, 0.5) is 0 Å². The lowest BCUT2D eigenvalue weighted by atomic mass is 9.38. The summed E-state index contributed by atoms with van der Waals surface area (Å²) in [4.78, 5) is 52.2. The molecule has 0 amide bonds. The third kappa shape index (κ3) is 5.52. The van der Waals surface area contributed by atoms with E-state index in [0.717, 1.165) is 5.57 Å². The molecular formula is C36H56O9. The highest BCUT2D eigenvalue weighted by atomic mass is 16.6. The Bertz CT molecular complexity index is 1260. The maximum atomic E-state index is 14.6. The van der Waals surface area contributed by atoms with Gasteiger partial charge >= 0.3 is 11.9 Å². The van der Waals surface area contributed by atoms with Crippen molar-refractivity contribution < 1.29 is 44.0 Å². The van der Waals surface area contributed by atoms with Crippen LogP contribution in [0.15, 0.2) is 11.6 Å². The molecule has 0 aliphatic heterocycles. The number of aliphatic hydroxyl groups excluding tert-OH is 2. The highest BCUT2D eigenvalue weighted by Gasteiger charge is 2.74. The molecule has 3 N–H and O–H groups in total. The molecule has 3 fully saturated rings. The van der Waals surface area contributed by atoms with E-state index in [9.17, 15) is 34.5 Å². The Morgan fingerprint density at radius 1 is 1.00 bits per heavy atom. The maximum absolute atomic E-state index is 14.6. The highest BCUT2D eigenvalue weighted by Crippen LogP contribution is 2.74. The lowest BCUT2D eigenvalue weighted by molar-refractivity contribution is -0.192. The fourth-order valence-corrected chi connectivity index (χ4v) is 10.5. The smallest absolute Gasteiger partial charge is 0.306 e. The highest BCUT2D eigenvalue weighted by molar-refractivity contribution is 5.90.